The number of carboxylic acids is 1. The zero-order valence-electron chi connectivity index (χ0n) is 12.7. The summed E-state index contributed by atoms with van der Waals surface area (Å²) < 4.78 is 0. The van der Waals surface area contributed by atoms with E-state index in [0.29, 0.717) is 5.41 Å². The van der Waals surface area contributed by atoms with Gasteiger partial charge in [0, 0.05) is 13.1 Å². The molecule has 0 aromatic carbocycles. The minimum absolute atomic E-state index is 0.159. The van der Waals surface area contributed by atoms with Crippen LogP contribution in [-0.4, -0.2) is 44.9 Å². The Balaban J connectivity index is 2.04. The van der Waals surface area contributed by atoms with Crippen LogP contribution in [0.4, 0.5) is 0 Å². The summed E-state index contributed by atoms with van der Waals surface area (Å²) in [6.07, 6.45) is 6.51. The van der Waals surface area contributed by atoms with Crippen LogP contribution in [0.3, 0.4) is 0 Å². The molecule has 6 nitrogen and oxygen atoms in total. The molecule has 0 spiro atoms. The Morgan fingerprint density at radius 3 is 2.19 bits per heavy atom. The van der Waals surface area contributed by atoms with Crippen LogP contribution in [0.1, 0.15) is 60.5 Å². The molecule has 1 amide bonds. The van der Waals surface area contributed by atoms with Gasteiger partial charge in [0.2, 0.25) is 0 Å². The van der Waals surface area contributed by atoms with E-state index in [9.17, 15) is 9.59 Å². The van der Waals surface area contributed by atoms with Crippen molar-refractivity contribution in [2.24, 2.45) is 5.41 Å². The second-order valence-electron chi connectivity index (χ2n) is 6.40. The molecule has 1 N–H and O–H groups in total. The summed E-state index contributed by atoms with van der Waals surface area (Å²) in [4.78, 5) is 32.4. The first kappa shape index (κ1) is 15.4. The SMILES string of the molecule is CN(C(=O)c1cnc(C(=O)O)cn1)C1CCC(C)(C)CC1. The average Bonchev–Trinajstić information content (AvgIpc) is 2.46. The number of nitrogens with zero attached hydrogens (tertiary/aromatic N) is 3. The van der Waals surface area contributed by atoms with Gasteiger partial charge in [-0.3, -0.25) is 4.79 Å². The van der Waals surface area contributed by atoms with Crippen molar-refractivity contribution in [3.05, 3.63) is 23.8 Å². The molecule has 114 valence electrons. The third kappa shape index (κ3) is 3.56. The Kier molecular flexibility index (Phi) is 4.25. The van der Waals surface area contributed by atoms with Crippen molar-refractivity contribution >= 4 is 11.9 Å². The van der Waals surface area contributed by atoms with Crippen LogP contribution in [-0.2, 0) is 0 Å². The van der Waals surface area contributed by atoms with Crippen LogP contribution in [0.15, 0.2) is 12.4 Å². The van der Waals surface area contributed by atoms with E-state index in [4.69, 9.17) is 5.11 Å². The minimum Gasteiger partial charge on any atom is -0.476 e. The fraction of sp³-hybridized carbons (Fsp3) is 0.600. The van der Waals surface area contributed by atoms with E-state index < -0.39 is 5.97 Å². The lowest BCUT2D eigenvalue weighted by Crippen LogP contribution is -2.41. The maximum absolute atomic E-state index is 12.4. The number of aromatic nitrogens is 2. The molecule has 1 aromatic rings. The Hall–Kier alpha value is -1.98. The van der Waals surface area contributed by atoms with Gasteiger partial charge in [0.25, 0.3) is 5.91 Å². The molecule has 0 saturated heterocycles. The third-order valence-electron chi connectivity index (χ3n) is 4.27. The molecule has 1 aromatic heterocycles. The predicted molar refractivity (Wildman–Crippen MR) is 77.1 cm³/mol. The highest BCUT2D eigenvalue weighted by atomic mass is 16.4. The Morgan fingerprint density at radius 2 is 1.71 bits per heavy atom. The molecule has 1 aliphatic rings. The van der Waals surface area contributed by atoms with Gasteiger partial charge in [-0.05, 0) is 31.1 Å². The zero-order valence-corrected chi connectivity index (χ0v) is 12.7. The lowest BCUT2D eigenvalue weighted by atomic mass is 9.75. The van der Waals surface area contributed by atoms with Crippen LogP contribution in [0.25, 0.3) is 0 Å². The van der Waals surface area contributed by atoms with Gasteiger partial charge in [0.15, 0.2) is 5.69 Å². The van der Waals surface area contributed by atoms with Crippen molar-refractivity contribution in [2.45, 2.75) is 45.6 Å². The molecular weight excluding hydrogens is 270 g/mol. The van der Waals surface area contributed by atoms with Gasteiger partial charge in [0.05, 0.1) is 12.4 Å². The lowest BCUT2D eigenvalue weighted by Gasteiger charge is -2.38. The molecular formula is C15H21N3O3. The molecule has 6 heteroatoms. The highest BCUT2D eigenvalue weighted by Crippen LogP contribution is 2.36. The topological polar surface area (TPSA) is 83.4 Å². The standard InChI is InChI=1S/C15H21N3O3/c1-15(2)6-4-10(5-7-15)18(3)13(19)11-8-17-12(9-16-11)14(20)21/h8-10H,4-7H2,1-3H3,(H,20,21). The Morgan fingerprint density at radius 1 is 1.19 bits per heavy atom. The second kappa shape index (κ2) is 5.79. The van der Waals surface area contributed by atoms with E-state index in [1.165, 1.54) is 6.20 Å². The second-order valence-corrected chi connectivity index (χ2v) is 6.40. The number of rotatable bonds is 3. The van der Waals surface area contributed by atoms with Crippen molar-refractivity contribution in [1.82, 2.24) is 14.9 Å². The summed E-state index contributed by atoms with van der Waals surface area (Å²) in [6.45, 7) is 4.50. The molecule has 0 radical (unpaired) electrons. The number of aromatic carboxylic acids is 1. The molecule has 1 aliphatic carbocycles. The Bertz CT molecular complexity index is 530. The van der Waals surface area contributed by atoms with Crippen LogP contribution < -0.4 is 0 Å². The number of hydrogen-bond donors (Lipinski definition) is 1. The van der Waals surface area contributed by atoms with Crippen LogP contribution in [0.5, 0.6) is 0 Å². The van der Waals surface area contributed by atoms with Gasteiger partial charge in [-0.25, -0.2) is 14.8 Å². The Labute approximate surface area is 124 Å². The van der Waals surface area contributed by atoms with Crippen molar-refractivity contribution < 1.29 is 14.7 Å². The normalized spacial score (nSPS) is 18.2. The number of carbonyl (C=O) groups is 2. The van der Waals surface area contributed by atoms with E-state index in [-0.39, 0.29) is 23.3 Å². The maximum Gasteiger partial charge on any atom is 0.356 e. The summed E-state index contributed by atoms with van der Waals surface area (Å²) >= 11 is 0. The third-order valence-corrected chi connectivity index (χ3v) is 4.27. The number of carboxylic acid groups (broad SMARTS) is 1. The molecule has 0 atom stereocenters. The largest absolute Gasteiger partial charge is 0.476 e. The average molecular weight is 291 g/mol. The lowest BCUT2D eigenvalue weighted by molar-refractivity contribution is 0.0625. The smallest absolute Gasteiger partial charge is 0.356 e. The van der Waals surface area contributed by atoms with Crippen molar-refractivity contribution in [1.29, 1.82) is 0 Å². The molecule has 0 unspecified atom stereocenters. The monoisotopic (exact) mass is 291 g/mol. The molecule has 1 fully saturated rings. The van der Waals surface area contributed by atoms with Crippen LogP contribution in [0.2, 0.25) is 0 Å². The van der Waals surface area contributed by atoms with E-state index in [2.05, 4.69) is 23.8 Å². The fourth-order valence-corrected chi connectivity index (χ4v) is 2.67. The highest BCUT2D eigenvalue weighted by molar-refractivity contribution is 5.92. The first-order chi connectivity index (χ1) is 9.80. The van der Waals surface area contributed by atoms with Crippen molar-refractivity contribution in [2.75, 3.05) is 7.05 Å². The van der Waals surface area contributed by atoms with E-state index in [1.54, 1.807) is 11.9 Å². The molecule has 1 heterocycles. The van der Waals surface area contributed by atoms with Crippen molar-refractivity contribution in [3.63, 3.8) is 0 Å². The van der Waals surface area contributed by atoms with Gasteiger partial charge < -0.3 is 10.0 Å². The summed E-state index contributed by atoms with van der Waals surface area (Å²) in [7, 11) is 1.78. The molecule has 1 saturated carbocycles. The summed E-state index contributed by atoms with van der Waals surface area (Å²) in [5, 5.41) is 8.78. The van der Waals surface area contributed by atoms with Gasteiger partial charge >= 0.3 is 5.97 Å². The summed E-state index contributed by atoms with van der Waals surface area (Å²) in [6, 6.07) is 0.214. The van der Waals surface area contributed by atoms with Crippen LogP contribution in [0, 0.1) is 5.41 Å². The minimum atomic E-state index is -1.15. The number of amides is 1. The molecule has 0 aliphatic heterocycles. The molecule has 21 heavy (non-hydrogen) atoms. The van der Waals surface area contributed by atoms with Gasteiger partial charge in [-0.2, -0.15) is 0 Å². The molecule has 0 bridgehead atoms. The van der Waals surface area contributed by atoms with Crippen LogP contribution >= 0.6 is 0 Å². The van der Waals surface area contributed by atoms with Gasteiger partial charge in [-0.15, -0.1) is 0 Å². The van der Waals surface area contributed by atoms with Gasteiger partial charge in [-0.1, -0.05) is 13.8 Å². The van der Waals surface area contributed by atoms with Gasteiger partial charge in [0.1, 0.15) is 5.69 Å². The highest BCUT2D eigenvalue weighted by Gasteiger charge is 2.31. The fourth-order valence-electron chi connectivity index (χ4n) is 2.67. The number of carbonyl (C=O) groups excluding carboxylic acids is 1. The molecule has 2 rings (SSSR count). The number of hydrogen-bond acceptors (Lipinski definition) is 4. The van der Waals surface area contributed by atoms with Crippen molar-refractivity contribution in [3.8, 4) is 0 Å². The quantitative estimate of drug-likeness (QED) is 0.923. The summed E-state index contributed by atoms with van der Waals surface area (Å²) in [5.41, 5.74) is 0.379. The first-order valence-electron chi connectivity index (χ1n) is 7.13. The predicted octanol–water partition coefficient (Wildman–Crippen LogP) is 2.22. The van der Waals surface area contributed by atoms with E-state index in [1.807, 2.05) is 0 Å². The van der Waals surface area contributed by atoms with E-state index >= 15 is 0 Å². The zero-order chi connectivity index (χ0) is 15.6. The first-order valence-corrected chi connectivity index (χ1v) is 7.13. The summed E-state index contributed by atoms with van der Waals surface area (Å²) in [5.74, 6) is -1.35. The van der Waals surface area contributed by atoms with E-state index in [0.717, 1.165) is 31.9 Å². The maximum atomic E-state index is 12.4.